The van der Waals surface area contributed by atoms with Crippen LogP contribution in [0.3, 0.4) is 0 Å². The van der Waals surface area contributed by atoms with Crippen molar-refractivity contribution < 1.29 is 12.9 Å². The molecule has 3 heterocycles. The summed E-state index contributed by atoms with van der Waals surface area (Å²) >= 11 is 6.32. The van der Waals surface area contributed by atoms with Crippen LogP contribution in [0.5, 0.6) is 0 Å². The zero-order chi connectivity index (χ0) is 18.3. The molecule has 1 saturated heterocycles. The molecule has 144 valence electrons. The van der Waals surface area contributed by atoms with Gasteiger partial charge in [-0.3, -0.25) is 0 Å². The predicted octanol–water partition coefficient (Wildman–Crippen LogP) is 2.94. The number of halogens is 2. The largest absolute Gasteiger partial charge is 0.336 e. The molecule has 27 heavy (non-hydrogen) atoms. The van der Waals surface area contributed by atoms with E-state index in [1.54, 1.807) is 19.1 Å². The van der Waals surface area contributed by atoms with Crippen LogP contribution in [0.15, 0.2) is 45.9 Å². The molecule has 2 aromatic heterocycles. The lowest BCUT2D eigenvalue weighted by atomic mass is 10.1. The van der Waals surface area contributed by atoms with E-state index in [1.807, 2.05) is 18.2 Å². The highest BCUT2D eigenvalue weighted by atomic mass is 35.5. The average Bonchev–Trinajstić information content (AvgIpc) is 3.03. The van der Waals surface area contributed by atoms with Gasteiger partial charge in [-0.05, 0) is 24.6 Å². The Bertz CT molecular complexity index is 1070. The number of aryl methyl sites for hydroxylation is 1. The van der Waals surface area contributed by atoms with E-state index in [4.69, 9.17) is 16.1 Å². The highest BCUT2D eigenvalue weighted by Gasteiger charge is 2.35. The Morgan fingerprint density at radius 3 is 2.89 bits per heavy atom. The maximum absolute atomic E-state index is 13.3. The van der Waals surface area contributed by atoms with E-state index in [9.17, 15) is 8.42 Å². The summed E-state index contributed by atoms with van der Waals surface area (Å²) in [4.78, 5) is 4.22. The molecule has 1 N–H and O–H groups in total. The summed E-state index contributed by atoms with van der Waals surface area (Å²) in [5.74, 6) is 0. The third-order valence-electron chi connectivity index (χ3n) is 4.55. The van der Waals surface area contributed by atoms with E-state index in [0.717, 1.165) is 5.56 Å². The van der Waals surface area contributed by atoms with Crippen LogP contribution in [0.4, 0.5) is 0 Å². The molecule has 7 nitrogen and oxygen atoms in total. The molecule has 1 aliphatic heterocycles. The Hall–Kier alpha value is -1.71. The number of nitrogens with zero attached hydrogens (tertiary/aromatic N) is 3. The number of hydrogen-bond acceptors (Lipinski definition) is 6. The maximum Gasteiger partial charge on any atom is 0.257 e. The summed E-state index contributed by atoms with van der Waals surface area (Å²) in [6.45, 7) is 3.16. The first-order chi connectivity index (χ1) is 12.5. The second-order valence-corrected chi connectivity index (χ2v) is 8.45. The minimum atomic E-state index is -3.76. The normalized spacial score (nSPS) is 18.4. The fraction of sp³-hybridized carbons (Fsp3) is 0.294. The minimum Gasteiger partial charge on any atom is -0.336 e. The molecule has 0 spiro atoms. The molecule has 3 aromatic rings. The second kappa shape index (κ2) is 7.73. The predicted molar refractivity (Wildman–Crippen MR) is 105 cm³/mol. The molecule has 1 unspecified atom stereocenters. The van der Waals surface area contributed by atoms with Crippen molar-refractivity contribution in [2.24, 2.45) is 0 Å². The van der Waals surface area contributed by atoms with E-state index in [1.165, 1.54) is 10.5 Å². The number of nitrogens with one attached hydrogen (secondary N) is 1. The van der Waals surface area contributed by atoms with Crippen LogP contribution in [-0.2, 0) is 10.0 Å². The van der Waals surface area contributed by atoms with Crippen LogP contribution >= 0.6 is 24.0 Å². The van der Waals surface area contributed by atoms with Gasteiger partial charge in [-0.1, -0.05) is 35.0 Å². The van der Waals surface area contributed by atoms with Gasteiger partial charge in [-0.15, -0.1) is 12.4 Å². The smallest absolute Gasteiger partial charge is 0.257 e. The van der Waals surface area contributed by atoms with E-state index in [2.05, 4.69) is 15.5 Å². The van der Waals surface area contributed by atoms with Gasteiger partial charge in [-0.25, -0.2) is 13.4 Å². The average molecular weight is 429 g/mol. The zero-order valence-corrected chi connectivity index (χ0v) is 16.8. The molecule has 1 fully saturated rings. The molecular formula is C17H18Cl2N4O3S. The molecule has 0 radical (unpaired) electrons. The number of rotatable bonds is 3. The van der Waals surface area contributed by atoms with Gasteiger partial charge in [0.25, 0.3) is 5.71 Å². The molecule has 1 aliphatic rings. The molecule has 0 aliphatic carbocycles. The van der Waals surface area contributed by atoms with Crippen molar-refractivity contribution in [1.29, 1.82) is 0 Å². The third-order valence-corrected chi connectivity index (χ3v) is 6.77. The number of aromatic nitrogens is 2. The molecule has 0 bridgehead atoms. The molecular weight excluding hydrogens is 411 g/mol. The molecule has 4 rings (SSSR count). The zero-order valence-electron chi connectivity index (χ0n) is 14.4. The minimum absolute atomic E-state index is 0. The quantitative estimate of drug-likeness (QED) is 0.689. The van der Waals surface area contributed by atoms with Crippen LogP contribution in [-0.4, -0.2) is 42.5 Å². The summed E-state index contributed by atoms with van der Waals surface area (Å²) in [5, 5.41) is 8.21. The number of hydrogen-bond donors (Lipinski definition) is 1. The standard InChI is InChI=1S/C17H17ClN4O3S.ClH/c1-11-14-8-12(9-20-17(14)25-21-11)26(23,24)22-7-6-19-10-16(22)13-4-2-3-5-15(13)18;/h2-5,8-9,16,19H,6-7,10H2,1H3;1H. The number of sulfonamides is 1. The van der Waals surface area contributed by atoms with Gasteiger partial charge in [-0.2, -0.15) is 4.31 Å². The summed E-state index contributed by atoms with van der Waals surface area (Å²) in [7, 11) is -3.76. The lowest BCUT2D eigenvalue weighted by Crippen LogP contribution is -2.48. The van der Waals surface area contributed by atoms with E-state index in [-0.39, 0.29) is 23.3 Å². The molecule has 1 aromatic carbocycles. The second-order valence-electron chi connectivity index (χ2n) is 6.15. The van der Waals surface area contributed by atoms with Gasteiger partial charge in [0.15, 0.2) is 0 Å². The Morgan fingerprint density at radius 1 is 1.33 bits per heavy atom. The molecule has 10 heteroatoms. The van der Waals surface area contributed by atoms with Crippen molar-refractivity contribution in [3.05, 3.63) is 52.8 Å². The first-order valence-corrected chi connectivity index (χ1v) is 9.99. The lowest BCUT2D eigenvalue weighted by molar-refractivity contribution is 0.271. The number of benzene rings is 1. The van der Waals surface area contributed by atoms with Gasteiger partial charge in [0, 0.05) is 24.7 Å². The van der Waals surface area contributed by atoms with Crippen molar-refractivity contribution >= 4 is 45.1 Å². The first-order valence-electron chi connectivity index (χ1n) is 8.17. The summed E-state index contributed by atoms with van der Waals surface area (Å²) in [5.41, 5.74) is 1.71. The Kier molecular flexibility index (Phi) is 5.73. The molecule has 0 amide bonds. The monoisotopic (exact) mass is 428 g/mol. The topological polar surface area (TPSA) is 88.3 Å². The third kappa shape index (κ3) is 3.55. The van der Waals surface area contributed by atoms with E-state index < -0.39 is 10.0 Å². The van der Waals surface area contributed by atoms with Crippen molar-refractivity contribution in [1.82, 2.24) is 19.8 Å². The Morgan fingerprint density at radius 2 is 2.11 bits per heavy atom. The van der Waals surface area contributed by atoms with Crippen LogP contribution in [0.2, 0.25) is 5.02 Å². The maximum atomic E-state index is 13.3. The van der Waals surface area contributed by atoms with E-state index >= 15 is 0 Å². The van der Waals surface area contributed by atoms with Crippen molar-refractivity contribution in [2.75, 3.05) is 19.6 Å². The van der Waals surface area contributed by atoms with Gasteiger partial charge in [0.2, 0.25) is 10.0 Å². The molecule has 0 saturated carbocycles. The first kappa shape index (κ1) is 20.0. The van der Waals surface area contributed by atoms with Gasteiger partial charge in [0.05, 0.1) is 23.3 Å². The van der Waals surface area contributed by atoms with Crippen LogP contribution in [0, 0.1) is 6.92 Å². The number of fused-ring (bicyclic) bond motifs is 1. The van der Waals surface area contributed by atoms with Crippen molar-refractivity contribution in [3.8, 4) is 0 Å². The highest BCUT2D eigenvalue weighted by Crippen LogP contribution is 2.33. The van der Waals surface area contributed by atoms with Gasteiger partial charge >= 0.3 is 0 Å². The summed E-state index contributed by atoms with van der Waals surface area (Å²) in [6.07, 6.45) is 1.31. The number of pyridine rings is 1. The fourth-order valence-corrected chi connectivity index (χ4v) is 5.03. The summed E-state index contributed by atoms with van der Waals surface area (Å²) < 4.78 is 33.2. The summed E-state index contributed by atoms with van der Waals surface area (Å²) in [6, 6.07) is 8.48. The SMILES string of the molecule is Cc1noc2ncc(S(=O)(=O)N3CCNCC3c3ccccc3Cl)cc12.Cl. The highest BCUT2D eigenvalue weighted by molar-refractivity contribution is 7.89. The van der Waals surface area contributed by atoms with Gasteiger partial charge in [0.1, 0.15) is 4.90 Å². The Balaban J connectivity index is 0.00000210. The Labute approximate surface area is 168 Å². The molecule has 1 atom stereocenters. The lowest BCUT2D eigenvalue weighted by Gasteiger charge is -2.35. The van der Waals surface area contributed by atoms with Crippen LogP contribution < -0.4 is 5.32 Å². The van der Waals surface area contributed by atoms with Gasteiger partial charge < -0.3 is 9.84 Å². The van der Waals surface area contributed by atoms with Crippen LogP contribution in [0.1, 0.15) is 17.3 Å². The van der Waals surface area contributed by atoms with Crippen molar-refractivity contribution in [2.45, 2.75) is 17.9 Å². The van der Waals surface area contributed by atoms with Crippen molar-refractivity contribution in [3.63, 3.8) is 0 Å². The number of piperazine rings is 1. The van der Waals surface area contributed by atoms with Crippen LogP contribution in [0.25, 0.3) is 11.1 Å². The fourth-order valence-electron chi connectivity index (χ4n) is 3.19. The van der Waals surface area contributed by atoms with E-state index in [0.29, 0.717) is 41.5 Å².